The number of hydrogen-bond acceptors (Lipinski definition) is 3. The zero-order valence-electron chi connectivity index (χ0n) is 34.0. The zero-order chi connectivity index (χ0) is 41.2. The molecule has 0 amide bonds. The third kappa shape index (κ3) is 4.75. The molecule has 1 spiro atoms. The number of nitrogens with zero attached hydrogens (tertiary/aromatic N) is 3. The molecule has 9 aromatic carbocycles. The molecule has 0 fully saturated rings. The second kappa shape index (κ2) is 12.8. The molecule has 292 valence electrons. The molecule has 0 radical (unpaired) electrons. The van der Waals surface area contributed by atoms with Crippen LogP contribution in [0.2, 0.25) is 0 Å². The van der Waals surface area contributed by atoms with Gasteiger partial charge in [-0.25, -0.2) is 9.97 Å². The zero-order valence-corrected chi connectivity index (χ0v) is 34.0. The Kier molecular flexibility index (Phi) is 7.01. The van der Waals surface area contributed by atoms with E-state index in [4.69, 9.17) is 14.4 Å². The Labute approximate surface area is 363 Å². The van der Waals surface area contributed by atoms with E-state index in [0.717, 1.165) is 66.7 Å². The predicted octanol–water partition coefficient (Wildman–Crippen LogP) is 14.8. The second-order valence-electron chi connectivity index (χ2n) is 16.8. The van der Waals surface area contributed by atoms with Crippen LogP contribution in [0.4, 0.5) is 0 Å². The molecule has 0 bridgehead atoms. The third-order valence-corrected chi connectivity index (χ3v) is 13.6. The molecule has 0 saturated heterocycles. The van der Waals surface area contributed by atoms with E-state index in [1.54, 1.807) is 0 Å². The first-order valence-corrected chi connectivity index (χ1v) is 21.6. The van der Waals surface area contributed by atoms with E-state index in [2.05, 4.69) is 193 Å². The van der Waals surface area contributed by atoms with Crippen LogP contribution in [0.3, 0.4) is 0 Å². The summed E-state index contributed by atoms with van der Waals surface area (Å²) >= 11 is 0. The van der Waals surface area contributed by atoms with E-state index in [1.807, 2.05) is 24.3 Å². The Balaban J connectivity index is 0.939. The molecule has 0 N–H and O–H groups in total. The van der Waals surface area contributed by atoms with E-state index in [1.165, 1.54) is 55.3 Å². The fraction of sp³-hybridized carbons (Fsp3) is 0.0169. The van der Waals surface area contributed by atoms with Gasteiger partial charge in [0, 0.05) is 38.7 Å². The van der Waals surface area contributed by atoms with Gasteiger partial charge >= 0.3 is 0 Å². The van der Waals surface area contributed by atoms with Crippen LogP contribution in [-0.4, -0.2) is 14.5 Å². The Hall–Kier alpha value is -8.34. The third-order valence-electron chi connectivity index (χ3n) is 13.6. The maximum absolute atomic E-state index is 6.79. The van der Waals surface area contributed by atoms with Crippen molar-refractivity contribution in [2.45, 2.75) is 5.41 Å². The van der Waals surface area contributed by atoms with Crippen molar-refractivity contribution in [1.82, 2.24) is 14.5 Å². The van der Waals surface area contributed by atoms with Crippen LogP contribution < -0.4 is 0 Å². The highest BCUT2D eigenvalue weighted by Gasteiger charge is 2.51. The molecule has 2 aliphatic carbocycles. The molecule has 4 nitrogen and oxygen atoms in total. The smallest absolute Gasteiger partial charge is 0.162 e. The summed E-state index contributed by atoms with van der Waals surface area (Å²) in [6.45, 7) is 0. The van der Waals surface area contributed by atoms with E-state index in [0.29, 0.717) is 5.82 Å². The Bertz CT molecular complexity index is 3760. The Morgan fingerprint density at radius 1 is 0.349 bits per heavy atom. The largest absolute Gasteiger partial charge is 0.456 e. The molecule has 0 unspecified atom stereocenters. The summed E-state index contributed by atoms with van der Waals surface area (Å²) in [5.74, 6) is 1.52. The highest BCUT2D eigenvalue weighted by atomic mass is 16.3. The van der Waals surface area contributed by atoms with Crippen molar-refractivity contribution in [1.29, 1.82) is 0 Å². The van der Waals surface area contributed by atoms with Crippen molar-refractivity contribution in [3.05, 3.63) is 235 Å². The van der Waals surface area contributed by atoms with Crippen LogP contribution in [-0.2, 0) is 5.41 Å². The molecule has 2 aliphatic rings. The van der Waals surface area contributed by atoms with Gasteiger partial charge in [0.2, 0.25) is 0 Å². The van der Waals surface area contributed by atoms with Gasteiger partial charge in [0.15, 0.2) is 5.82 Å². The minimum Gasteiger partial charge on any atom is -0.456 e. The topological polar surface area (TPSA) is 43.9 Å². The van der Waals surface area contributed by atoms with Crippen LogP contribution in [0.15, 0.2) is 217 Å². The van der Waals surface area contributed by atoms with Gasteiger partial charge in [0.1, 0.15) is 17.0 Å². The second-order valence-corrected chi connectivity index (χ2v) is 16.8. The fourth-order valence-corrected chi connectivity index (χ4v) is 11.0. The van der Waals surface area contributed by atoms with Crippen molar-refractivity contribution in [3.8, 4) is 61.8 Å². The van der Waals surface area contributed by atoms with Crippen LogP contribution in [0.25, 0.3) is 106 Å². The summed E-state index contributed by atoms with van der Waals surface area (Å²) in [7, 11) is 0. The molecule has 4 heteroatoms. The van der Waals surface area contributed by atoms with Gasteiger partial charge in [-0.15, -0.1) is 0 Å². The highest BCUT2D eigenvalue weighted by molar-refractivity contribution is 6.12. The lowest BCUT2D eigenvalue weighted by Gasteiger charge is -2.30. The van der Waals surface area contributed by atoms with Gasteiger partial charge in [0.05, 0.1) is 22.1 Å². The SMILES string of the molecule is c1ccc(-c2cc(-n3c4ccccc4c4cc(-c5ccc6oc7cc8c(cc7c6c5)-c5ccccc5C85c6ccccc6-c6ccccc65)ccc43)nc(-c3ccccc3)n2)cc1. The van der Waals surface area contributed by atoms with Gasteiger partial charge in [-0.3, -0.25) is 4.57 Å². The Morgan fingerprint density at radius 2 is 0.905 bits per heavy atom. The van der Waals surface area contributed by atoms with Crippen molar-refractivity contribution < 1.29 is 4.42 Å². The lowest BCUT2D eigenvalue weighted by atomic mass is 9.70. The molecular formula is C59H35N3O. The first kappa shape index (κ1) is 34.4. The minimum absolute atomic E-state index is 0.413. The number of furan rings is 1. The molecule has 0 aliphatic heterocycles. The van der Waals surface area contributed by atoms with Gasteiger partial charge in [-0.1, -0.05) is 164 Å². The summed E-state index contributed by atoms with van der Waals surface area (Å²) < 4.78 is 9.08. The number of rotatable bonds is 4. The first-order valence-electron chi connectivity index (χ1n) is 21.6. The normalized spacial score (nSPS) is 13.2. The van der Waals surface area contributed by atoms with Crippen molar-refractivity contribution in [3.63, 3.8) is 0 Å². The monoisotopic (exact) mass is 801 g/mol. The fourth-order valence-electron chi connectivity index (χ4n) is 11.0. The van der Waals surface area contributed by atoms with Crippen molar-refractivity contribution in [2.75, 3.05) is 0 Å². The van der Waals surface area contributed by atoms with Gasteiger partial charge < -0.3 is 4.42 Å². The number of para-hydroxylation sites is 1. The summed E-state index contributed by atoms with van der Waals surface area (Å²) in [4.78, 5) is 10.3. The maximum atomic E-state index is 6.79. The molecule has 12 aromatic rings. The molecule has 63 heavy (non-hydrogen) atoms. The molecule has 3 heterocycles. The van der Waals surface area contributed by atoms with E-state index < -0.39 is 5.41 Å². The lowest BCUT2D eigenvalue weighted by Crippen LogP contribution is -2.25. The summed E-state index contributed by atoms with van der Waals surface area (Å²) in [5.41, 5.74) is 19.2. The molecule has 3 aromatic heterocycles. The lowest BCUT2D eigenvalue weighted by molar-refractivity contribution is 0.666. The molecule has 0 atom stereocenters. The Morgan fingerprint density at radius 3 is 1.62 bits per heavy atom. The predicted molar refractivity (Wildman–Crippen MR) is 256 cm³/mol. The summed E-state index contributed by atoms with van der Waals surface area (Å²) in [5, 5.41) is 4.57. The van der Waals surface area contributed by atoms with E-state index >= 15 is 0 Å². The summed E-state index contributed by atoms with van der Waals surface area (Å²) in [6, 6.07) is 76.4. The van der Waals surface area contributed by atoms with Gasteiger partial charge in [0.25, 0.3) is 0 Å². The molecule has 14 rings (SSSR count). The highest BCUT2D eigenvalue weighted by Crippen LogP contribution is 2.63. The van der Waals surface area contributed by atoms with Crippen LogP contribution in [0.5, 0.6) is 0 Å². The number of fused-ring (bicyclic) bond motifs is 16. The van der Waals surface area contributed by atoms with E-state index in [9.17, 15) is 0 Å². The average Bonchev–Trinajstić information content (AvgIpc) is 4.06. The van der Waals surface area contributed by atoms with Crippen LogP contribution >= 0.6 is 0 Å². The minimum atomic E-state index is -0.413. The first-order chi connectivity index (χ1) is 31.2. The standard InChI is InChI=1S/C59H35N3O/c1-3-15-36(16-4-1)52-35-57(61-58(60-52)37-17-5-2-6-18-37)62-53-26-14-10-22-43(53)45-31-38(27-29-54(45)62)39-28-30-55-46(32-39)47-33-44-42-21-9-13-25-50(42)59(51(44)34-56(47)63-55)48-23-11-7-19-40(48)41-20-8-12-24-49(41)59/h1-35H. The van der Waals surface area contributed by atoms with E-state index in [-0.39, 0.29) is 0 Å². The summed E-state index contributed by atoms with van der Waals surface area (Å²) in [6.07, 6.45) is 0. The van der Waals surface area contributed by atoms with Crippen molar-refractivity contribution >= 4 is 43.7 Å². The van der Waals surface area contributed by atoms with Gasteiger partial charge in [-0.05, 0) is 98.1 Å². The van der Waals surface area contributed by atoms with Crippen molar-refractivity contribution in [2.24, 2.45) is 0 Å². The molecular weight excluding hydrogens is 767 g/mol. The maximum Gasteiger partial charge on any atom is 0.162 e. The van der Waals surface area contributed by atoms with Gasteiger partial charge in [-0.2, -0.15) is 0 Å². The van der Waals surface area contributed by atoms with Crippen LogP contribution in [0, 0.1) is 0 Å². The van der Waals surface area contributed by atoms with Crippen LogP contribution in [0.1, 0.15) is 22.3 Å². The quantitative estimate of drug-likeness (QED) is 0.178. The number of aromatic nitrogens is 3. The molecule has 0 saturated carbocycles. The number of hydrogen-bond donors (Lipinski definition) is 0. The number of benzene rings is 9. The average molecular weight is 802 g/mol.